The average molecular weight is 406 g/mol. The van der Waals surface area contributed by atoms with Gasteiger partial charge in [0.15, 0.2) is 5.65 Å². The Morgan fingerprint density at radius 3 is 2.83 bits per heavy atom. The van der Waals surface area contributed by atoms with Crippen LogP contribution < -0.4 is 9.47 Å². The predicted octanol–water partition coefficient (Wildman–Crippen LogP) is 3.07. The zero-order valence-corrected chi connectivity index (χ0v) is 17.3. The highest BCUT2D eigenvalue weighted by Gasteiger charge is 2.24. The Morgan fingerprint density at radius 1 is 1.17 bits per heavy atom. The Labute approximate surface area is 175 Å². The molecular weight excluding hydrogens is 380 g/mol. The second-order valence-electron chi connectivity index (χ2n) is 7.99. The summed E-state index contributed by atoms with van der Waals surface area (Å²) in [4.78, 5) is 11.5. The normalized spacial score (nSPS) is 18.9. The van der Waals surface area contributed by atoms with Crippen molar-refractivity contribution in [1.29, 1.82) is 0 Å². The highest BCUT2D eigenvalue weighted by molar-refractivity contribution is 5.86. The fraction of sp³-hybridized carbons (Fsp3) is 0.391. The van der Waals surface area contributed by atoms with Crippen LogP contribution in [0.2, 0.25) is 0 Å². The molecule has 0 bridgehead atoms. The van der Waals surface area contributed by atoms with E-state index < -0.39 is 6.29 Å². The molecule has 7 nitrogen and oxygen atoms in total. The summed E-state index contributed by atoms with van der Waals surface area (Å²) in [6, 6.07) is 5.75. The second-order valence-corrected chi connectivity index (χ2v) is 7.99. The minimum absolute atomic E-state index is 0.613. The summed E-state index contributed by atoms with van der Waals surface area (Å²) in [5.41, 5.74) is 4.74. The van der Waals surface area contributed by atoms with Gasteiger partial charge in [-0.25, -0.2) is 4.98 Å². The van der Waals surface area contributed by atoms with Gasteiger partial charge < -0.3 is 19.0 Å². The SMILES string of the molecule is Cc1cn2cc(C3=Cc4ccc(OCCN5CCCC5)cc4OC3O)nc2c(C)n1. The molecule has 0 radical (unpaired) electrons. The predicted molar refractivity (Wildman–Crippen MR) is 115 cm³/mol. The second kappa shape index (κ2) is 7.74. The molecular formula is C23H26N4O3. The van der Waals surface area contributed by atoms with Crippen LogP contribution in [0.15, 0.2) is 30.6 Å². The fourth-order valence-electron chi connectivity index (χ4n) is 4.19. The molecule has 0 spiro atoms. The molecule has 1 N–H and O–H groups in total. The zero-order valence-electron chi connectivity index (χ0n) is 17.3. The van der Waals surface area contributed by atoms with E-state index in [-0.39, 0.29) is 0 Å². The number of nitrogens with zero attached hydrogens (tertiary/aromatic N) is 4. The van der Waals surface area contributed by atoms with Crippen LogP contribution in [0, 0.1) is 13.8 Å². The Morgan fingerprint density at radius 2 is 2.00 bits per heavy atom. The number of benzene rings is 1. The first kappa shape index (κ1) is 19.1. The molecule has 30 heavy (non-hydrogen) atoms. The number of ether oxygens (including phenoxy) is 2. The quantitative estimate of drug-likeness (QED) is 0.702. The van der Waals surface area contributed by atoms with Gasteiger partial charge in [-0.05, 0) is 58.0 Å². The first-order chi connectivity index (χ1) is 14.6. The first-order valence-electron chi connectivity index (χ1n) is 10.5. The van der Waals surface area contributed by atoms with Crippen molar-refractivity contribution in [2.75, 3.05) is 26.2 Å². The summed E-state index contributed by atoms with van der Waals surface area (Å²) in [6.45, 7) is 7.79. The van der Waals surface area contributed by atoms with Gasteiger partial charge in [0.2, 0.25) is 6.29 Å². The van der Waals surface area contributed by atoms with E-state index >= 15 is 0 Å². The maximum atomic E-state index is 10.6. The van der Waals surface area contributed by atoms with Crippen molar-refractivity contribution >= 4 is 17.3 Å². The van der Waals surface area contributed by atoms with Crippen molar-refractivity contribution in [3.05, 3.63) is 53.2 Å². The van der Waals surface area contributed by atoms with Gasteiger partial charge >= 0.3 is 0 Å². The molecule has 2 aromatic heterocycles. The van der Waals surface area contributed by atoms with Gasteiger partial charge in [0.05, 0.1) is 17.1 Å². The van der Waals surface area contributed by atoms with Gasteiger partial charge in [0.1, 0.15) is 18.1 Å². The lowest BCUT2D eigenvalue weighted by atomic mass is 10.0. The molecule has 0 aliphatic carbocycles. The van der Waals surface area contributed by atoms with E-state index in [0.717, 1.165) is 48.0 Å². The van der Waals surface area contributed by atoms with E-state index in [9.17, 15) is 5.11 Å². The smallest absolute Gasteiger partial charge is 0.226 e. The minimum Gasteiger partial charge on any atom is -0.492 e. The topological polar surface area (TPSA) is 72.1 Å². The molecule has 156 valence electrons. The number of fused-ring (bicyclic) bond motifs is 2. The van der Waals surface area contributed by atoms with Gasteiger partial charge in [-0.1, -0.05) is 0 Å². The highest BCUT2D eigenvalue weighted by Crippen LogP contribution is 2.35. The zero-order chi connectivity index (χ0) is 20.7. The first-order valence-corrected chi connectivity index (χ1v) is 10.5. The molecule has 0 amide bonds. The number of aliphatic hydroxyl groups is 1. The van der Waals surface area contributed by atoms with Gasteiger partial charge in [0, 0.05) is 36.1 Å². The largest absolute Gasteiger partial charge is 0.492 e. The third-order valence-electron chi connectivity index (χ3n) is 5.70. The molecule has 1 saturated heterocycles. The lowest BCUT2D eigenvalue weighted by Crippen LogP contribution is -2.25. The fourth-order valence-corrected chi connectivity index (χ4v) is 4.19. The summed E-state index contributed by atoms with van der Waals surface area (Å²) in [7, 11) is 0. The molecule has 4 heterocycles. The van der Waals surface area contributed by atoms with E-state index in [4.69, 9.17) is 9.47 Å². The molecule has 2 aliphatic rings. The molecule has 0 saturated carbocycles. The van der Waals surface area contributed by atoms with Crippen molar-refractivity contribution in [2.24, 2.45) is 0 Å². The molecule has 5 rings (SSSR count). The third-order valence-corrected chi connectivity index (χ3v) is 5.70. The molecule has 7 heteroatoms. The molecule has 2 aliphatic heterocycles. The van der Waals surface area contributed by atoms with Crippen molar-refractivity contribution in [2.45, 2.75) is 33.0 Å². The van der Waals surface area contributed by atoms with Gasteiger partial charge in [-0.15, -0.1) is 0 Å². The Bertz CT molecular complexity index is 1120. The van der Waals surface area contributed by atoms with Crippen molar-refractivity contribution in [3.63, 3.8) is 0 Å². The number of likely N-dealkylation sites (tertiary alicyclic amines) is 1. The standard InChI is InChI=1S/C23H26N4O3/c1-15-13-27-14-20(25-22(27)16(2)24-15)19-11-17-5-6-18(12-21(17)30-23(19)28)29-10-9-26-7-3-4-8-26/h5-6,11-14,23,28H,3-4,7-10H2,1-2H3. The van der Waals surface area contributed by atoms with E-state index in [0.29, 0.717) is 23.6 Å². The number of hydrogen-bond acceptors (Lipinski definition) is 6. The molecule has 1 aromatic carbocycles. The van der Waals surface area contributed by atoms with Crippen LogP contribution in [0.1, 0.15) is 35.5 Å². The van der Waals surface area contributed by atoms with Crippen LogP contribution in [0.25, 0.3) is 17.3 Å². The lowest BCUT2D eigenvalue weighted by molar-refractivity contribution is 0.0316. The van der Waals surface area contributed by atoms with E-state index in [1.165, 1.54) is 12.8 Å². The summed E-state index contributed by atoms with van der Waals surface area (Å²) >= 11 is 0. The van der Waals surface area contributed by atoms with Gasteiger partial charge in [0.25, 0.3) is 0 Å². The van der Waals surface area contributed by atoms with Crippen molar-refractivity contribution in [3.8, 4) is 11.5 Å². The number of rotatable bonds is 5. The van der Waals surface area contributed by atoms with Crippen molar-refractivity contribution in [1.82, 2.24) is 19.3 Å². The maximum absolute atomic E-state index is 10.6. The summed E-state index contributed by atoms with van der Waals surface area (Å²) in [5, 5.41) is 10.6. The van der Waals surface area contributed by atoms with Crippen LogP contribution in [0.3, 0.4) is 0 Å². The molecule has 1 unspecified atom stereocenters. The Hall–Kier alpha value is -2.90. The van der Waals surface area contributed by atoms with Crippen LogP contribution in [-0.2, 0) is 0 Å². The molecule has 3 aromatic rings. The average Bonchev–Trinajstić information content (AvgIpc) is 3.37. The van der Waals surface area contributed by atoms with E-state index in [1.807, 2.05) is 54.9 Å². The van der Waals surface area contributed by atoms with Gasteiger partial charge in [-0.2, -0.15) is 0 Å². The number of aryl methyl sites for hydroxylation is 2. The van der Waals surface area contributed by atoms with Crippen LogP contribution >= 0.6 is 0 Å². The summed E-state index contributed by atoms with van der Waals surface area (Å²) in [5.74, 6) is 1.37. The van der Waals surface area contributed by atoms with Crippen molar-refractivity contribution < 1.29 is 14.6 Å². The summed E-state index contributed by atoms with van der Waals surface area (Å²) < 4.78 is 13.6. The van der Waals surface area contributed by atoms with E-state index in [1.54, 1.807) is 0 Å². The number of aliphatic hydroxyl groups excluding tert-OH is 1. The van der Waals surface area contributed by atoms with Gasteiger partial charge in [-0.3, -0.25) is 9.88 Å². The summed E-state index contributed by atoms with van der Waals surface area (Å²) in [6.07, 6.45) is 7.22. The molecule has 1 atom stereocenters. The number of hydrogen-bond donors (Lipinski definition) is 1. The van der Waals surface area contributed by atoms with E-state index in [2.05, 4.69) is 14.9 Å². The minimum atomic E-state index is -1.09. The molecule has 1 fully saturated rings. The monoisotopic (exact) mass is 406 g/mol. The van der Waals surface area contributed by atoms with Crippen LogP contribution in [0.5, 0.6) is 11.5 Å². The van der Waals surface area contributed by atoms with Crippen LogP contribution in [-0.4, -0.2) is 56.9 Å². The highest BCUT2D eigenvalue weighted by atomic mass is 16.6. The Balaban J connectivity index is 1.36. The number of aromatic nitrogens is 3. The lowest BCUT2D eigenvalue weighted by Gasteiger charge is -2.23. The van der Waals surface area contributed by atoms with Crippen LogP contribution in [0.4, 0.5) is 0 Å². The Kier molecular flexibility index (Phi) is 4.92. The number of imidazole rings is 1. The third kappa shape index (κ3) is 3.66. The maximum Gasteiger partial charge on any atom is 0.226 e.